The van der Waals surface area contributed by atoms with Crippen LogP contribution in [-0.2, 0) is 14.3 Å². The van der Waals surface area contributed by atoms with Crippen molar-refractivity contribution in [1.82, 2.24) is 9.97 Å². The zero-order valence-corrected chi connectivity index (χ0v) is 15.9. The summed E-state index contributed by atoms with van der Waals surface area (Å²) in [5, 5.41) is 2.63. The fourth-order valence-corrected chi connectivity index (χ4v) is 2.77. The Hall–Kier alpha value is -3.81. The van der Waals surface area contributed by atoms with Gasteiger partial charge in [-0.05, 0) is 30.7 Å². The van der Waals surface area contributed by atoms with Gasteiger partial charge in [-0.3, -0.25) is 14.8 Å². The second-order valence-electron chi connectivity index (χ2n) is 6.06. The van der Waals surface area contributed by atoms with Crippen molar-refractivity contribution in [3.8, 4) is 0 Å². The first-order valence-corrected chi connectivity index (χ1v) is 8.94. The van der Waals surface area contributed by atoms with Crippen LogP contribution in [0, 0.1) is 0 Å². The molecule has 0 aliphatic rings. The first kappa shape index (κ1) is 19.9. The molecular weight excluding hydrogens is 374 g/mol. The number of hydrogen-bond donors (Lipinski definition) is 1. The fourth-order valence-electron chi connectivity index (χ4n) is 2.77. The molecule has 0 aliphatic carbocycles. The first-order valence-electron chi connectivity index (χ1n) is 8.94. The molecule has 8 heteroatoms. The lowest BCUT2D eigenvalue weighted by Crippen LogP contribution is -2.32. The Bertz CT molecular complexity index is 1060. The summed E-state index contributed by atoms with van der Waals surface area (Å²) in [5.74, 6) is -1.82. The number of methoxy groups -OCH3 is 1. The van der Waals surface area contributed by atoms with Crippen molar-refractivity contribution in [3.63, 3.8) is 0 Å². The SMILES string of the molecule is CCC(OC(=O)c1cccc2nccnc12)C(=O)Nc1ccccc1C(=O)OC. The van der Waals surface area contributed by atoms with Crippen LogP contribution < -0.4 is 5.32 Å². The Morgan fingerprint density at radius 1 is 0.966 bits per heavy atom. The predicted molar refractivity (Wildman–Crippen MR) is 105 cm³/mol. The summed E-state index contributed by atoms with van der Waals surface area (Å²) in [6.45, 7) is 1.71. The monoisotopic (exact) mass is 393 g/mol. The van der Waals surface area contributed by atoms with Gasteiger partial charge in [-0.2, -0.15) is 0 Å². The Labute approximate surface area is 166 Å². The van der Waals surface area contributed by atoms with Crippen molar-refractivity contribution in [2.45, 2.75) is 19.4 Å². The highest BCUT2D eigenvalue weighted by Crippen LogP contribution is 2.19. The van der Waals surface area contributed by atoms with Crippen LogP contribution in [0.4, 0.5) is 5.69 Å². The minimum absolute atomic E-state index is 0.203. The molecule has 0 saturated carbocycles. The summed E-state index contributed by atoms with van der Waals surface area (Å²) < 4.78 is 10.1. The number of hydrogen-bond acceptors (Lipinski definition) is 7. The summed E-state index contributed by atoms with van der Waals surface area (Å²) in [6.07, 6.45) is 2.19. The Kier molecular flexibility index (Phi) is 6.13. The van der Waals surface area contributed by atoms with E-state index in [9.17, 15) is 14.4 Å². The Morgan fingerprint density at radius 2 is 1.69 bits per heavy atom. The van der Waals surface area contributed by atoms with E-state index in [0.717, 1.165) is 0 Å². The summed E-state index contributed by atoms with van der Waals surface area (Å²) in [7, 11) is 1.25. The van der Waals surface area contributed by atoms with Crippen LogP contribution in [0.25, 0.3) is 11.0 Å². The number of amides is 1. The number of esters is 2. The van der Waals surface area contributed by atoms with Gasteiger partial charge in [-0.15, -0.1) is 0 Å². The molecule has 3 rings (SSSR count). The van der Waals surface area contributed by atoms with Gasteiger partial charge in [0.2, 0.25) is 0 Å². The molecule has 1 atom stereocenters. The lowest BCUT2D eigenvalue weighted by atomic mass is 10.1. The van der Waals surface area contributed by atoms with Gasteiger partial charge in [0.1, 0.15) is 5.52 Å². The predicted octanol–water partition coefficient (Wildman–Crippen LogP) is 2.99. The molecule has 0 aliphatic heterocycles. The van der Waals surface area contributed by atoms with Crippen molar-refractivity contribution in [1.29, 1.82) is 0 Å². The number of carbonyl (C=O) groups is 3. The lowest BCUT2D eigenvalue weighted by Gasteiger charge is -2.17. The van der Waals surface area contributed by atoms with Gasteiger partial charge in [-0.25, -0.2) is 9.59 Å². The van der Waals surface area contributed by atoms with Crippen LogP contribution in [0.15, 0.2) is 54.9 Å². The molecule has 1 heterocycles. The van der Waals surface area contributed by atoms with E-state index in [-0.39, 0.29) is 23.2 Å². The normalized spacial score (nSPS) is 11.5. The number of anilines is 1. The highest BCUT2D eigenvalue weighted by Gasteiger charge is 2.25. The Balaban J connectivity index is 1.79. The average molecular weight is 393 g/mol. The second kappa shape index (κ2) is 8.92. The van der Waals surface area contributed by atoms with Gasteiger partial charge < -0.3 is 14.8 Å². The minimum atomic E-state index is -1.06. The van der Waals surface area contributed by atoms with E-state index in [4.69, 9.17) is 9.47 Å². The van der Waals surface area contributed by atoms with Gasteiger partial charge in [0.05, 0.1) is 29.4 Å². The molecule has 0 spiro atoms. The maximum Gasteiger partial charge on any atom is 0.341 e. The molecule has 1 amide bonds. The molecule has 29 heavy (non-hydrogen) atoms. The van der Waals surface area contributed by atoms with Crippen LogP contribution in [0.2, 0.25) is 0 Å². The van der Waals surface area contributed by atoms with Crippen molar-refractivity contribution in [3.05, 3.63) is 66.0 Å². The molecule has 0 fully saturated rings. The van der Waals surface area contributed by atoms with E-state index in [2.05, 4.69) is 15.3 Å². The number of benzene rings is 2. The molecule has 1 unspecified atom stereocenters. The Morgan fingerprint density at radius 3 is 2.45 bits per heavy atom. The van der Waals surface area contributed by atoms with E-state index in [1.54, 1.807) is 43.3 Å². The van der Waals surface area contributed by atoms with Crippen molar-refractivity contribution >= 4 is 34.6 Å². The molecule has 1 N–H and O–H groups in total. The summed E-state index contributed by atoms with van der Waals surface area (Å²) in [6, 6.07) is 11.4. The number of rotatable bonds is 6. The maximum atomic E-state index is 12.7. The largest absolute Gasteiger partial charge is 0.465 e. The van der Waals surface area contributed by atoms with Crippen LogP contribution in [0.5, 0.6) is 0 Å². The summed E-state index contributed by atoms with van der Waals surface area (Å²) >= 11 is 0. The summed E-state index contributed by atoms with van der Waals surface area (Å²) in [5.41, 5.74) is 1.64. The standard InChI is InChI=1S/C21H19N3O5/c1-3-17(19(25)24-15-9-5-4-7-13(15)20(26)28-2)29-21(27)14-8-6-10-16-18(14)23-12-11-22-16/h4-12,17H,3H2,1-2H3,(H,24,25). The maximum absolute atomic E-state index is 12.7. The molecule has 148 valence electrons. The van der Waals surface area contributed by atoms with Crippen molar-refractivity contribution < 1.29 is 23.9 Å². The minimum Gasteiger partial charge on any atom is -0.465 e. The highest BCUT2D eigenvalue weighted by atomic mass is 16.5. The number of para-hydroxylation sites is 2. The van der Waals surface area contributed by atoms with Crippen molar-refractivity contribution in [2.75, 3.05) is 12.4 Å². The topological polar surface area (TPSA) is 107 Å². The first-order chi connectivity index (χ1) is 14.0. The smallest absolute Gasteiger partial charge is 0.341 e. The summed E-state index contributed by atoms with van der Waals surface area (Å²) in [4.78, 5) is 45.5. The molecule has 0 saturated heterocycles. The van der Waals surface area contributed by atoms with Crippen LogP contribution in [0.1, 0.15) is 34.1 Å². The van der Waals surface area contributed by atoms with Crippen molar-refractivity contribution in [2.24, 2.45) is 0 Å². The van der Waals surface area contributed by atoms with Gasteiger partial charge in [0, 0.05) is 12.4 Å². The second-order valence-corrected chi connectivity index (χ2v) is 6.06. The van der Waals surface area contributed by atoms with E-state index in [1.807, 2.05) is 0 Å². The fraction of sp³-hybridized carbons (Fsp3) is 0.190. The third-order valence-corrected chi connectivity index (χ3v) is 4.22. The molecule has 0 radical (unpaired) electrons. The molecule has 8 nitrogen and oxygen atoms in total. The zero-order valence-electron chi connectivity index (χ0n) is 15.9. The molecule has 2 aromatic carbocycles. The third-order valence-electron chi connectivity index (χ3n) is 4.22. The molecule has 0 bridgehead atoms. The number of nitrogens with one attached hydrogen (secondary N) is 1. The van der Waals surface area contributed by atoms with E-state index in [1.165, 1.54) is 25.6 Å². The average Bonchev–Trinajstić information content (AvgIpc) is 2.76. The molecule has 1 aromatic heterocycles. The number of nitrogens with zero attached hydrogens (tertiary/aromatic N) is 2. The highest BCUT2D eigenvalue weighted by molar-refractivity contribution is 6.05. The van der Waals surface area contributed by atoms with Gasteiger partial charge in [-0.1, -0.05) is 25.1 Å². The lowest BCUT2D eigenvalue weighted by molar-refractivity contribution is -0.124. The number of aromatic nitrogens is 2. The van der Waals surface area contributed by atoms with Crippen LogP contribution >= 0.6 is 0 Å². The number of ether oxygens (including phenoxy) is 2. The molecule has 3 aromatic rings. The molecular formula is C21H19N3O5. The van der Waals surface area contributed by atoms with Crippen LogP contribution in [-0.4, -0.2) is 41.0 Å². The number of fused-ring (bicyclic) bond motifs is 1. The quantitative estimate of drug-likeness (QED) is 0.642. The van der Waals surface area contributed by atoms with E-state index in [0.29, 0.717) is 11.0 Å². The van der Waals surface area contributed by atoms with E-state index < -0.39 is 23.9 Å². The zero-order chi connectivity index (χ0) is 20.8. The van der Waals surface area contributed by atoms with Crippen LogP contribution in [0.3, 0.4) is 0 Å². The third kappa shape index (κ3) is 4.37. The number of carbonyl (C=O) groups excluding carboxylic acids is 3. The van der Waals surface area contributed by atoms with E-state index >= 15 is 0 Å². The van der Waals surface area contributed by atoms with Gasteiger partial charge in [0.15, 0.2) is 6.10 Å². The van der Waals surface area contributed by atoms with Gasteiger partial charge >= 0.3 is 11.9 Å². The van der Waals surface area contributed by atoms with Gasteiger partial charge in [0.25, 0.3) is 5.91 Å².